The topological polar surface area (TPSA) is 89.9 Å². The van der Waals surface area contributed by atoms with Crippen LogP contribution in [0.3, 0.4) is 0 Å². The number of aliphatic hydroxyl groups is 2. The van der Waals surface area contributed by atoms with E-state index in [4.69, 9.17) is 0 Å². The lowest BCUT2D eigenvalue weighted by atomic mass is 9.93. The molecule has 2 amide bonds. The molecule has 0 aromatic heterocycles. The Hall–Kier alpha value is -1.14. The number of rotatable bonds is 5. The van der Waals surface area contributed by atoms with Gasteiger partial charge in [0.15, 0.2) is 0 Å². The number of amides is 2. The molecule has 1 saturated heterocycles. The molecular weight excluding hydrogens is 260 g/mol. The van der Waals surface area contributed by atoms with Gasteiger partial charge in [0, 0.05) is 24.9 Å². The first-order chi connectivity index (χ1) is 9.33. The molecule has 3 N–H and O–H groups in total. The molecule has 1 aliphatic heterocycles. The highest BCUT2D eigenvalue weighted by Crippen LogP contribution is 2.20. The summed E-state index contributed by atoms with van der Waals surface area (Å²) in [5.74, 6) is -0.220. The van der Waals surface area contributed by atoms with Gasteiger partial charge >= 0.3 is 0 Å². The van der Waals surface area contributed by atoms with E-state index in [1.165, 1.54) is 0 Å². The van der Waals surface area contributed by atoms with Crippen LogP contribution in [0.4, 0.5) is 0 Å². The van der Waals surface area contributed by atoms with Crippen molar-refractivity contribution in [1.29, 1.82) is 0 Å². The van der Waals surface area contributed by atoms with Crippen LogP contribution in [0.2, 0.25) is 0 Å². The summed E-state index contributed by atoms with van der Waals surface area (Å²) in [7, 11) is 0. The van der Waals surface area contributed by atoms with Crippen LogP contribution in [0.5, 0.6) is 0 Å². The van der Waals surface area contributed by atoms with Crippen LogP contribution in [0.15, 0.2) is 0 Å². The summed E-state index contributed by atoms with van der Waals surface area (Å²) in [6.07, 6.45) is 1.24. The zero-order chi connectivity index (χ0) is 15.3. The zero-order valence-corrected chi connectivity index (χ0v) is 12.6. The van der Waals surface area contributed by atoms with E-state index in [0.29, 0.717) is 25.9 Å². The number of carbonyl (C=O) groups is 2. The third-order valence-corrected chi connectivity index (χ3v) is 3.79. The second-order valence-electron chi connectivity index (χ2n) is 6.12. The lowest BCUT2D eigenvalue weighted by Crippen LogP contribution is -2.54. The number of carbonyl (C=O) groups excluding carboxylic acids is 2. The summed E-state index contributed by atoms with van der Waals surface area (Å²) in [5.41, 5.74) is -0.984. The van der Waals surface area contributed by atoms with Crippen LogP contribution in [0.1, 0.15) is 33.6 Å². The average Bonchev–Trinajstić information content (AvgIpc) is 2.46. The van der Waals surface area contributed by atoms with Crippen LogP contribution in [-0.2, 0) is 9.59 Å². The molecule has 0 radical (unpaired) electrons. The predicted octanol–water partition coefficient (Wildman–Crippen LogP) is -0.259. The van der Waals surface area contributed by atoms with Gasteiger partial charge in [-0.15, -0.1) is 0 Å². The highest BCUT2D eigenvalue weighted by atomic mass is 16.3. The molecule has 0 unspecified atom stereocenters. The summed E-state index contributed by atoms with van der Waals surface area (Å²) in [6.45, 7) is 5.90. The van der Waals surface area contributed by atoms with Gasteiger partial charge in [0.25, 0.3) is 0 Å². The maximum Gasteiger partial charge on any atom is 0.225 e. The Bertz CT molecular complexity index is 345. The first kappa shape index (κ1) is 16.9. The fourth-order valence-electron chi connectivity index (χ4n) is 2.26. The minimum atomic E-state index is -0.984. The van der Waals surface area contributed by atoms with E-state index in [9.17, 15) is 19.8 Å². The van der Waals surface area contributed by atoms with Crippen molar-refractivity contribution in [3.05, 3.63) is 0 Å². The largest absolute Gasteiger partial charge is 0.394 e. The van der Waals surface area contributed by atoms with Crippen LogP contribution in [0.25, 0.3) is 0 Å². The van der Waals surface area contributed by atoms with E-state index in [2.05, 4.69) is 5.32 Å². The molecule has 6 nitrogen and oxygen atoms in total. The normalized spacial score (nSPS) is 17.4. The molecule has 6 heteroatoms. The molecular formula is C14H26N2O4. The van der Waals surface area contributed by atoms with E-state index in [-0.39, 0.29) is 36.9 Å². The van der Waals surface area contributed by atoms with Crippen LogP contribution in [-0.4, -0.2) is 58.8 Å². The monoisotopic (exact) mass is 286 g/mol. The van der Waals surface area contributed by atoms with Gasteiger partial charge < -0.3 is 20.4 Å². The number of hydrogen-bond donors (Lipinski definition) is 3. The van der Waals surface area contributed by atoms with Gasteiger partial charge in [-0.25, -0.2) is 0 Å². The Balaban J connectivity index is 2.49. The van der Waals surface area contributed by atoms with Crippen molar-refractivity contribution in [3.63, 3.8) is 0 Å². The summed E-state index contributed by atoms with van der Waals surface area (Å²) >= 11 is 0. The molecule has 1 rings (SSSR count). The van der Waals surface area contributed by atoms with Crippen molar-refractivity contribution in [1.82, 2.24) is 10.2 Å². The van der Waals surface area contributed by atoms with Crippen molar-refractivity contribution in [2.75, 3.05) is 26.3 Å². The molecule has 0 aromatic carbocycles. The summed E-state index contributed by atoms with van der Waals surface area (Å²) in [6, 6.07) is 0. The lowest BCUT2D eigenvalue weighted by Gasteiger charge is -2.34. The Morgan fingerprint density at radius 1 is 1.25 bits per heavy atom. The molecule has 0 aliphatic carbocycles. The van der Waals surface area contributed by atoms with E-state index in [1.54, 1.807) is 11.8 Å². The first-order valence-electron chi connectivity index (χ1n) is 7.15. The number of aliphatic hydroxyl groups excluding tert-OH is 2. The number of nitrogens with one attached hydrogen (secondary N) is 1. The molecule has 0 bridgehead atoms. The quantitative estimate of drug-likeness (QED) is 0.649. The van der Waals surface area contributed by atoms with Crippen LogP contribution in [0, 0.1) is 11.8 Å². The molecule has 116 valence electrons. The maximum absolute atomic E-state index is 12.1. The molecule has 20 heavy (non-hydrogen) atoms. The summed E-state index contributed by atoms with van der Waals surface area (Å²) < 4.78 is 0. The van der Waals surface area contributed by atoms with Gasteiger partial charge in [0.05, 0.1) is 18.8 Å². The summed E-state index contributed by atoms with van der Waals surface area (Å²) in [5, 5.41) is 21.0. The van der Waals surface area contributed by atoms with E-state index in [1.807, 2.05) is 13.8 Å². The van der Waals surface area contributed by atoms with Gasteiger partial charge in [-0.1, -0.05) is 13.8 Å². The highest BCUT2D eigenvalue weighted by molar-refractivity contribution is 5.81. The van der Waals surface area contributed by atoms with Crippen molar-refractivity contribution in [2.45, 2.75) is 39.2 Å². The van der Waals surface area contributed by atoms with Crippen molar-refractivity contribution >= 4 is 11.8 Å². The standard InChI is InChI=1S/C14H26N2O4/c1-10(2)13(20)16-6-4-11(5-7-16)12(19)15-14(3,8-17)9-18/h10-11,17-18H,4-9H2,1-3H3,(H,15,19). The minimum absolute atomic E-state index is 0.0209. The smallest absolute Gasteiger partial charge is 0.225 e. The fourth-order valence-corrected chi connectivity index (χ4v) is 2.26. The Labute approximate surface area is 120 Å². The number of hydrogen-bond acceptors (Lipinski definition) is 4. The maximum atomic E-state index is 12.1. The first-order valence-corrected chi connectivity index (χ1v) is 7.15. The Morgan fingerprint density at radius 3 is 2.15 bits per heavy atom. The lowest BCUT2D eigenvalue weighted by molar-refractivity contribution is -0.138. The Kier molecular flexibility index (Phi) is 5.95. The van der Waals surface area contributed by atoms with Gasteiger partial charge in [0.2, 0.25) is 11.8 Å². The third-order valence-electron chi connectivity index (χ3n) is 3.79. The number of piperidine rings is 1. The van der Waals surface area contributed by atoms with Crippen molar-refractivity contribution in [2.24, 2.45) is 11.8 Å². The van der Waals surface area contributed by atoms with Gasteiger partial charge in [0.1, 0.15) is 0 Å². The average molecular weight is 286 g/mol. The highest BCUT2D eigenvalue weighted by Gasteiger charge is 2.32. The second kappa shape index (κ2) is 7.04. The number of nitrogens with zero attached hydrogens (tertiary/aromatic N) is 1. The molecule has 0 atom stereocenters. The summed E-state index contributed by atoms with van der Waals surface area (Å²) in [4.78, 5) is 25.8. The number of likely N-dealkylation sites (tertiary alicyclic amines) is 1. The van der Waals surface area contributed by atoms with Crippen LogP contribution >= 0.6 is 0 Å². The van der Waals surface area contributed by atoms with Crippen LogP contribution < -0.4 is 5.32 Å². The van der Waals surface area contributed by atoms with E-state index >= 15 is 0 Å². The molecule has 0 spiro atoms. The molecule has 0 saturated carbocycles. The SMILES string of the molecule is CC(C)C(=O)N1CCC(C(=O)NC(C)(CO)CO)CC1. The fraction of sp³-hybridized carbons (Fsp3) is 0.857. The zero-order valence-electron chi connectivity index (χ0n) is 12.6. The minimum Gasteiger partial charge on any atom is -0.394 e. The predicted molar refractivity (Wildman–Crippen MR) is 74.9 cm³/mol. The van der Waals surface area contributed by atoms with Crippen molar-refractivity contribution in [3.8, 4) is 0 Å². The van der Waals surface area contributed by atoms with E-state index in [0.717, 1.165) is 0 Å². The van der Waals surface area contributed by atoms with Crippen molar-refractivity contribution < 1.29 is 19.8 Å². The van der Waals surface area contributed by atoms with Gasteiger partial charge in [-0.3, -0.25) is 9.59 Å². The third kappa shape index (κ3) is 4.18. The second-order valence-corrected chi connectivity index (χ2v) is 6.12. The van der Waals surface area contributed by atoms with E-state index < -0.39 is 5.54 Å². The molecule has 0 aromatic rings. The van der Waals surface area contributed by atoms with Gasteiger partial charge in [-0.2, -0.15) is 0 Å². The Morgan fingerprint density at radius 2 is 1.75 bits per heavy atom. The van der Waals surface area contributed by atoms with Gasteiger partial charge in [-0.05, 0) is 19.8 Å². The molecule has 1 fully saturated rings. The molecule has 1 aliphatic rings. The molecule has 1 heterocycles.